The summed E-state index contributed by atoms with van der Waals surface area (Å²) in [6.07, 6.45) is 5.64. The van der Waals surface area contributed by atoms with Crippen molar-refractivity contribution in [2.24, 2.45) is 5.92 Å². The fourth-order valence-corrected chi connectivity index (χ4v) is 3.74. The van der Waals surface area contributed by atoms with Gasteiger partial charge in [-0.3, -0.25) is 4.79 Å². The van der Waals surface area contributed by atoms with Crippen LogP contribution in [0.4, 0.5) is 5.69 Å². The molecular weight excluding hydrogens is 288 g/mol. The molecule has 0 radical (unpaired) electrons. The number of nitrogens with one attached hydrogen (secondary N) is 1. The van der Waals surface area contributed by atoms with Gasteiger partial charge in [-0.2, -0.15) is 0 Å². The number of para-hydroxylation sites is 1. The molecule has 4 nitrogen and oxygen atoms in total. The summed E-state index contributed by atoms with van der Waals surface area (Å²) in [5, 5.41) is 3.10. The Balaban J connectivity index is 1.63. The van der Waals surface area contributed by atoms with Gasteiger partial charge in [0.15, 0.2) is 0 Å². The first-order chi connectivity index (χ1) is 11.3. The minimum atomic E-state index is 0.134. The van der Waals surface area contributed by atoms with Gasteiger partial charge in [0.2, 0.25) is 5.91 Å². The van der Waals surface area contributed by atoms with Crippen molar-refractivity contribution in [3.63, 3.8) is 0 Å². The van der Waals surface area contributed by atoms with E-state index in [2.05, 4.69) is 41.4 Å². The second-order valence-corrected chi connectivity index (χ2v) is 6.77. The zero-order chi connectivity index (χ0) is 16.1. The normalized spacial score (nSPS) is 23.6. The van der Waals surface area contributed by atoms with E-state index >= 15 is 0 Å². The van der Waals surface area contributed by atoms with Crippen molar-refractivity contribution < 1.29 is 9.53 Å². The van der Waals surface area contributed by atoms with Crippen LogP contribution in [0.1, 0.15) is 38.2 Å². The highest BCUT2D eigenvalue weighted by Crippen LogP contribution is 2.32. The molecule has 1 fully saturated rings. The van der Waals surface area contributed by atoms with E-state index in [1.54, 1.807) is 0 Å². The second-order valence-electron chi connectivity index (χ2n) is 6.77. The quantitative estimate of drug-likeness (QED) is 0.877. The first-order valence-electron chi connectivity index (χ1n) is 8.97. The number of rotatable bonds is 6. The predicted molar refractivity (Wildman–Crippen MR) is 92.7 cm³/mol. The van der Waals surface area contributed by atoms with Gasteiger partial charge in [-0.15, -0.1) is 0 Å². The summed E-state index contributed by atoms with van der Waals surface area (Å²) >= 11 is 0. The van der Waals surface area contributed by atoms with Crippen LogP contribution in [0.3, 0.4) is 0 Å². The Morgan fingerprint density at radius 2 is 2.22 bits per heavy atom. The summed E-state index contributed by atoms with van der Waals surface area (Å²) in [4.78, 5) is 14.8. The summed E-state index contributed by atoms with van der Waals surface area (Å²) in [6, 6.07) is 9.01. The van der Waals surface area contributed by atoms with Gasteiger partial charge in [0.05, 0.1) is 13.2 Å². The number of benzene rings is 1. The minimum Gasteiger partial charge on any atom is -0.381 e. The van der Waals surface area contributed by atoms with Crippen LogP contribution >= 0.6 is 0 Å². The molecule has 0 aromatic heterocycles. The van der Waals surface area contributed by atoms with Gasteiger partial charge in [-0.1, -0.05) is 31.5 Å². The first kappa shape index (κ1) is 16.3. The Kier molecular flexibility index (Phi) is 5.55. The first-order valence-corrected chi connectivity index (χ1v) is 8.97. The lowest BCUT2D eigenvalue weighted by Gasteiger charge is -2.38. The number of hydrogen-bond acceptors (Lipinski definition) is 3. The van der Waals surface area contributed by atoms with Crippen LogP contribution in [0.5, 0.6) is 0 Å². The molecule has 23 heavy (non-hydrogen) atoms. The molecule has 1 aromatic rings. The molecule has 1 N–H and O–H groups in total. The van der Waals surface area contributed by atoms with E-state index in [0.717, 1.165) is 51.9 Å². The molecule has 1 amide bonds. The average Bonchev–Trinajstić information content (AvgIpc) is 3.09. The van der Waals surface area contributed by atoms with Crippen molar-refractivity contribution in [3.05, 3.63) is 29.8 Å². The molecule has 126 valence electrons. The SMILES string of the molecule is CCCC1CCc2ccccc2N1CC(=O)NCC1CCOC1. The zero-order valence-electron chi connectivity index (χ0n) is 14.1. The van der Waals surface area contributed by atoms with Crippen LogP contribution in [0.25, 0.3) is 0 Å². The van der Waals surface area contributed by atoms with Crippen molar-refractivity contribution in [2.45, 2.75) is 45.1 Å². The van der Waals surface area contributed by atoms with Gasteiger partial charge < -0.3 is 15.0 Å². The van der Waals surface area contributed by atoms with Crippen LogP contribution < -0.4 is 10.2 Å². The number of nitrogens with zero attached hydrogens (tertiary/aromatic N) is 1. The summed E-state index contributed by atoms with van der Waals surface area (Å²) in [6.45, 7) is 5.05. The molecule has 1 saturated heterocycles. The van der Waals surface area contributed by atoms with E-state index in [9.17, 15) is 4.79 Å². The Hall–Kier alpha value is -1.55. The van der Waals surface area contributed by atoms with Gasteiger partial charge in [0.1, 0.15) is 0 Å². The summed E-state index contributed by atoms with van der Waals surface area (Å²) in [7, 11) is 0. The molecular formula is C19H28N2O2. The van der Waals surface area contributed by atoms with Crippen molar-refractivity contribution in [2.75, 3.05) is 31.2 Å². The lowest BCUT2D eigenvalue weighted by Crippen LogP contribution is -2.46. The van der Waals surface area contributed by atoms with Gasteiger partial charge in [0.25, 0.3) is 0 Å². The highest BCUT2D eigenvalue weighted by Gasteiger charge is 2.27. The summed E-state index contributed by atoms with van der Waals surface area (Å²) in [5.74, 6) is 0.619. The van der Waals surface area contributed by atoms with Crippen molar-refractivity contribution in [3.8, 4) is 0 Å². The number of anilines is 1. The molecule has 2 atom stereocenters. The number of fused-ring (bicyclic) bond motifs is 1. The van der Waals surface area contributed by atoms with Crippen molar-refractivity contribution in [1.82, 2.24) is 5.32 Å². The largest absolute Gasteiger partial charge is 0.381 e. The van der Waals surface area contributed by atoms with Crippen LogP contribution in [0.2, 0.25) is 0 Å². The standard InChI is InChI=1S/C19H28N2O2/c1-2-5-17-9-8-16-6-3-4-7-18(16)21(17)13-19(22)20-12-15-10-11-23-14-15/h3-4,6-7,15,17H,2,5,8-14H2,1H3,(H,20,22). The Bertz CT molecular complexity index is 526. The molecule has 1 aromatic carbocycles. The third-order valence-electron chi connectivity index (χ3n) is 5.04. The highest BCUT2D eigenvalue weighted by atomic mass is 16.5. The molecule has 0 spiro atoms. The topological polar surface area (TPSA) is 41.6 Å². The fourth-order valence-electron chi connectivity index (χ4n) is 3.74. The molecule has 3 rings (SSSR count). The Labute approximate surface area is 139 Å². The maximum absolute atomic E-state index is 12.4. The van der Waals surface area contributed by atoms with E-state index in [-0.39, 0.29) is 5.91 Å². The van der Waals surface area contributed by atoms with E-state index < -0.39 is 0 Å². The third kappa shape index (κ3) is 4.05. The van der Waals surface area contributed by atoms with E-state index in [1.807, 2.05) is 0 Å². The number of carbonyl (C=O) groups is 1. The molecule has 4 heteroatoms. The fraction of sp³-hybridized carbons (Fsp3) is 0.632. The van der Waals surface area contributed by atoms with Gasteiger partial charge >= 0.3 is 0 Å². The van der Waals surface area contributed by atoms with Gasteiger partial charge in [-0.25, -0.2) is 0 Å². The number of ether oxygens (including phenoxy) is 1. The zero-order valence-corrected chi connectivity index (χ0v) is 14.1. The van der Waals surface area contributed by atoms with Crippen LogP contribution in [-0.4, -0.2) is 38.3 Å². The smallest absolute Gasteiger partial charge is 0.239 e. The lowest BCUT2D eigenvalue weighted by atomic mass is 9.93. The number of hydrogen-bond donors (Lipinski definition) is 1. The van der Waals surface area contributed by atoms with E-state index in [4.69, 9.17) is 4.74 Å². The summed E-state index contributed by atoms with van der Waals surface area (Å²) in [5.41, 5.74) is 2.62. The molecule has 2 heterocycles. The molecule has 0 bridgehead atoms. The number of amides is 1. The summed E-state index contributed by atoms with van der Waals surface area (Å²) < 4.78 is 5.37. The third-order valence-corrected chi connectivity index (χ3v) is 5.04. The number of carbonyl (C=O) groups excluding carboxylic acids is 1. The lowest BCUT2D eigenvalue weighted by molar-refractivity contribution is -0.120. The second kappa shape index (κ2) is 7.82. The molecule has 2 aliphatic heterocycles. The van der Waals surface area contributed by atoms with Crippen molar-refractivity contribution in [1.29, 1.82) is 0 Å². The minimum absolute atomic E-state index is 0.134. The predicted octanol–water partition coefficient (Wildman–Crippen LogP) is 2.76. The monoisotopic (exact) mass is 316 g/mol. The molecule has 0 aliphatic carbocycles. The number of aryl methyl sites for hydroxylation is 1. The Morgan fingerprint density at radius 3 is 3.00 bits per heavy atom. The van der Waals surface area contributed by atoms with Crippen LogP contribution in [0, 0.1) is 5.92 Å². The molecule has 2 aliphatic rings. The Morgan fingerprint density at radius 1 is 1.35 bits per heavy atom. The van der Waals surface area contributed by atoms with Gasteiger partial charge in [0, 0.05) is 30.8 Å². The van der Waals surface area contributed by atoms with Gasteiger partial charge in [-0.05, 0) is 37.3 Å². The van der Waals surface area contributed by atoms with E-state index in [1.165, 1.54) is 11.3 Å². The van der Waals surface area contributed by atoms with Crippen molar-refractivity contribution >= 4 is 11.6 Å². The van der Waals surface area contributed by atoms with E-state index in [0.29, 0.717) is 18.5 Å². The van der Waals surface area contributed by atoms with Crippen LogP contribution in [-0.2, 0) is 16.0 Å². The molecule has 2 unspecified atom stereocenters. The maximum atomic E-state index is 12.4. The van der Waals surface area contributed by atoms with Crippen LogP contribution in [0.15, 0.2) is 24.3 Å². The average molecular weight is 316 g/mol. The molecule has 0 saturated carbocycles. The highest BCUT2D eigenvalue weighted by molar-refractivity contribution is 5.82. The maximum Gasteiger partial charge on any atom is 0.239 e.